The van der Waals surface area contributed by atoms with Crippen LogP contribution < -0.4 is 0 Å². The number of ketones is 1. The Morgan fingerprint density at radius 1 is 0.585 bits per heavy atom. The Balaban J connectivity index is 1.90. The molecular formula is C40H54O. The number of carbonyl (C=O) groups is 1. The van der Waals surface area contributed by atoms with Crippen LogP contribution in [-0.2, 0) is 4.79 Å². The molecule has 0 radical (unpaired) electrons. The van der Waals surface area contributed by atoms with Crippen molar-refractivity contribution in [3.8, 4) is 0 Å². The fraction of sp³-hybridized carbons (Fsp3) is 0.425. The van der Waals surface area contributed by atoms with Crippen LogP contribution in [0.5, 0.6) is 0 Å². The van der Waals surface area contributed by atoms with Gasteiger partial charge >= 0.3 is 0 Å². The number of rotatable bonds is 10. The second-order valence-corrected chi connectivity index (χ2v) is 13.1. The molecule has 0 bridgehead atoms. The molecular weight excluding hydrogens is 496 g/mol. The zero-order valence-corrected chi connectivity index (χ0v) is 27.5. The molecule has 41 heavy (non-hydrogen) atoms. The Morgan fingerprint density at radius 3 is 1.54 bits per heavy atom. The minimum atomic E-state index is -0.389. The van der Waals surface area contributed by atoms with Gasteiger partial charge in [-0.15, -0.1) is 0 Å². The van der Waals surface area contributed by atoms with E-state index in [1.807, 2.05) is 13.8 Å². The van der Waals surface area contributed by atoms with Crippen LogP contribution in [0.15, 0.2) is 130 Å². The van der Waals surface area contributed by atoms with Crippen LogP contribution in [0.1, 0.15) is 101 Å². The normalized spacial score (nSPS) is 21.8. The molecule has 0 unspecified atom stereocenters. The van der Waals surface area contributed by atoms with Gasteiger partial charge in [0.2, 0.25) is 0 Å². The molecule has 0 fully saturated rings. The summed E-state index contributed by atoms with van der Waals surface area (Å²) in [5.74, 6) is 0.334. The van der Waals surface area contributed by atoms with Crippen molar-refractivity contribution in [2.75, 3.05) is 0 Å². The van der Waals surface area contributed by atoms with E-state index in [0.29, 0.717) is 12.2 Å². The van der Waals surface area contributed by atoms with E-state index in [2.05, 4.69) is 140 Å². The van der Waals surface area contributed by atoms with Gasteiger partial charge in [-0.2, -0.15) is 0 Å². The van der Waals surface area contributed by atoms with Crippen LogP contribution in [0.3, 0.4) is 0 Å². The van der Waals surface area contributed by atoms with E-state index in [1.165, 1.54) is 58.3 Å². The van der Waals surface area contributed by atoms with Crippen molar-refractivity contribution in [2.45, 2.75) is 101 Å². The Labute approximate surface area is 252 Å². The third-order valence-electron chi connectivity index (χ3n) is 8.39. The maximum absolute atomic E-state index is 12.4. The SMILES string of the molecule is CC(C=CC=C(C)C=CC1=C(C)CCCC1(C)C)=CC=CC=C(C)C=CC=C(C)C=CC1=C(C)CCC(=O)C1(C)C. The first-order valence-electron chi connectivity index (χ1n) is 15.3. The van der Waals surface area contributed by atoms with Gasteiger partial charge in [0.05, 0.1) is 0 Å². The highest BCUT2D eigenvalue weighted by Crippen LogP contribution is 2.41. The minimum Gasteiger partial charge on any atom is -0.299 e. The molecule has 0 spiro atoms. The predicted octanol–water partition coefficient (Wildman–Crippen LogP) is 11.8. The molecule has 0 saturated heterocycles. The number of Topliss-reactive ketones (excluding diaryl/α,β-unsaturated/α-hetero) is 1. The molecule has 220 valence electrons. The zero-order chi connectivity index (χ0) is 30.6. The lowest BCUT2D eigenvalue weighted by Gasteiger charge is -2.32. The van der Waals surface area contributed by atoms with Gasteiger partial charge in [0.1, 0.15) is 5.78 Å². The van der Waals surface area contributed by atoms with Gasteiger partial charge in [0.25, 0.3) is 0 Å². The van der Waals surface area contributed by atoms with Gasteiger partial charge in [-0.05, 0) is 97.6 Å². The van der Waals surface area contributed by atoms with Crippen molar-refractivity contribution in [3.63, 3.8) is 0 Å². The summed E-state index contributed by atoms with van der Waals surface area (Å²) < 4.78 is 0. The molecule has 0 aromatic rings. The van der Waals surface area contributed by atoms with Crippen LogP contribution in [-0.4, -0.2) is 5.78 Å². The molecule has 1 heteroatoms. The first kappa shape index (κ1) is 34.0. The third-order valence-corrected chi connectivity index (χ3v) is 8.39. The third kappa shape index (κ3) is 11.0. The largest absolute Gasteiger partial charge is 0.299 e. The first-order chi connectivity index (χ1) is 19.2. The molecule has 0 heterocycles. The van der Waals surface area contributed by atoms with Gasteiger partial charge in [-0.25, -0.2) is 0 Å². The van der Waals surface area contributed by atoms with E-state index in [1.54, 1.807) is 0 Å². The lowest BCUT2D eigenvalue weighted by molar-refractivity contribution is -0.125. The molecule has 0 aliphatic heterocycles. The van der Waals surface area contributed by atoms with E-state index >= 15 is 0 Å². The van der Waals surface area contributed by atoms with Crippen molar-refractivity contribution >= 4 is 5.78 Å². The summed E-state index contributed by atoms with van der Waals surface area (Å²) in [5.41, 5.74) is 10.2. The average molecular weight is 551 g/mol. The van der Waals surface area contributed by atoms with E-state index in [9.17, 15) is 4.79 Å². The maximum Gasteiger partial charge on any atom is 0.143 e. The summed E-state index contributed by atoms with van der Waals surface area (Å²) in [6.45, 7) is 21.7. The summed E-state index contributed by atoms with van der Waals surface area (Å²) >= 11 is 0. The average Bonchev–Trinajstić information content (AvgIpc) is 2.88. The summed E-state index contributed by atoms with van der Waals surface area (Å²) in [7, 11) is 0. The molecule has 0 aromatic carbocycles. The number of allylic oxidation sites excluding steroid dienone is 22. The standard InChI is InChI=1S/C40H54O/c1-30(18-13-20-32(3)23-26-36-34(5)22-15-29-39(36,7)8)16-11-12-17-31(2)19-14-21-33(4)24-27-37-35(6)25-28-38(41)40(37,9)10/h11-14,16-21,23-24,26-27H,15,22,25,28-29H2,1-10H3. The van der Waals surface area contributed by atoms with Crippen molar-refractivity contribution in [3.05, 3.63) is 130 Å². The van der Waals surface area contributed by atoms with Crippen molar-refractivity contribution in [1.82, 2.24) is 0 Å². The molecule has 0 N–H and O–H groups in total. The van der Waals surface area contributed by atoms with Crippen LogP contribution in [0.4, 0.5) is 0 Å². The number of hydrogen-bond donors (Lipinski definition) is 0. The van der Waals surface area contributed by atoms with Gasteiger partial charge < -0.3 is 0 Å². The van der Waals surface area contributed by atoms with Crippen LogP contribution in [0.25, 0.3) is 0 Å². The molecule has 0 saturated carbocycles. The second-order valence-electron chi connectivity index (χ2n) is 13.1. The van der Waals surface area contributed by atoms with Crippen LogP contribution >= 0.6 is 0 Å². The molecule has 2 aliphatic carbocycles. The summed E-state index contributed by atoms with van der Waals surface area (Å²) in [6, 6.07) is 0. The Bertz CT molecular complexity index is 1300. The monoisotopic (exact) mass is 550 g/mol. The predicted molar refractivity (Wildman–Crippen MR) is 182 cm³/mol. The summed E-state index contributed by atoms with van der Waals surface area (Å²) in [6.07, 6.45) is 35.3. The van der Waals surface area contributed by atoms with Gasteiger partial charge in [-0.3, -0.25) is 4.79 Å². The van der Waals surface area contributed by atoms with E-state index in [-0.39, 0.29) is 10.8 Å². The van der Waals surface area contributed by atoms with Crippen LogP contribution in [0, 0.1) is 10.8 Å². The molecule has 2 rings (SSSR count). The Hall–Kier alpha value is -3.19. The fourth-order valence-electron chi connectivity index (χ4n) is 5.56. The Kier molecular flexibility index (Phi) is 13.0. The van der Waals surface area contributed by atoms with E-state index < -0.39 is 0 Å². The minimum absolute atomic E-state index is 0.281. The lowest BCUT2D eigenvalue weighted by atomic mass is 9.71. The highest BCUT2D eigenvalue weighted by Gasteiger charge is 2.34. The zero-order valence-electron chi connectivity index (χ0n) is 27.5. The Morgan fingerprint density at radius 2 is 1.02 bits per heavy atom. The number of hydrogen-bond acceptors (Lipinski definition) is 1. The molecule has 0 amide bonds. The van der Waals surface area contributed by atoms with Gasteiger partial charge in [-0.1, -0.05) is 132 Å². The summed E-state index contributed by atoms with van der Waals surface area (Å²) in [4.78, 5) is 12.4. The first-order valence-corrected chi connectivity index (χ1v) is 15.3. The maximum atomic E-state index is 12.4. The quantitative estimate of drug-likeness (QED) is 0.247. The molecule has 0 aromatic heterocycles. The lowest BCUT2D eigenvalue weighted by Crippen LogP contribution is -2.30. The number of carbonyl (C=O) groups excluding carboxylic acids is 1. The van der Waals surface area contributed by atoms with Gasteiger partial charge in [0.15, 0.2) is 0 Å². The molecule has 1 nitrogen and oxygen atoms in total. The van der Waals surface area contributed by atoms with E-state index in [0.717, 1.165) is 12.0 Å². The smallest absolute Gasteiger partial charge is 0.143 e. The van der Waals surface area contributed by atoms with Crippen LogP contribution in [0.2, 0.25) is 0 Å². The molecule has 0 atom stereocenters. The van der Waals surface area contributed by atoms with Crippen molar-refractivity contribution < 1.29 is 4.79 Å². The van der Waals surface area contributed by atoms with Gasteiger partial charge in [0, 0.05) is 11.8 Å². The topological polar surface area (TPSA) is 17.1 Å². The van der Waals surface area contributed by atoms with Crippen molar-refractivity contribution in [2.24, 2.45) is 10.8 Å². The van der Waals surface area contributed by atoms with E-state index in [4.69, 9.17) is 0 Å². The highest BCUT2D eigenvalue weighted by atomic mass is 16.1. The highest BCUT2D eigenvalue weighted by molar-refractivity contribution is 5.89. The second kappa shape index (κ2) is 15.7. The molecule has 2 aliphatic rings. The van der Waals surface area contributed by atoms with Crippen molar-refractivity contribution in [1.29, 1.82) is 0 Å². The summed E-state index contributed by atoms with van der Waals surface area (Å²) in [5, 5.41) is 0. The fourth-order valence-corrected chi connectivity index (χ4v) is 5.56.